The number of nitrogens with one attached hydrogen (secondary N) is 1. The van der Waals surface area contributed by atoms with Crippen molar-refractivity contribution >= 4 is 27.8 Å². The second-order valence-electron chi connectivity index (χ2n) is 3.17. The first-order valence-corrected chi connectivity index (χ1v) is 6.25. The molecule has 1 aromatic carbocycles. The van der Waals surface area contributed by atoms with E-state index < -0.39 is 16.0 Å². The van der Waals surface area contributed by atoms with Crippen LogP contribution in [0.3, 0.4) is 0 Å². The van der Waals surface area contributed by atoms with Gasteiger partial charge < -0.3 is 5.11 Å². The topological polar surface area (TPSA) is 83.5 Å². The molecule has 16 heavy (non-hydrogen) atoms. The molecule has 0 saturated carbocycles. The van der Waals surface area contributed by atoms with Crippen molar-refractivity contribution in [3.63, 3.8) is 0 Å². The van der Waals surface area contributed by atoms with E-state index in [4.69, 9.17) is 5.11 Å². The van der Waals surface area contributed by atoms with Crippen LogP contribution in [0, 0.1) is 0 Å². The third-order valence-corrected chi connectivity index (χ3v) is 2.24. The van der Waals surface area contributed by atoms with Crippen LogP contribution in [-0.4, -0.2) is 25.7 Å². The van der Waals surface area contributed by atoms with E-state index in [1.807, 2.05) is 0 Å². The lowest BCUT2D eigenvalue weighted by Gasteiger charge is -2.03. The summed E-state index contributed by atoms with van der Waals surface area (Å²) in [6.45, 7) is 0. The number of carboxylic acids is 1. The zero-order chi connectivity index (χ0) is 12.2. The number of carbonyl (C=O) groups is 1. The quantitative estimate of drug-likeness (QED) is 0.775. The summed E-state index contributed by atoms with van der Waals surface area (Å²) in [7, 11) is -3.28. The molecule has 0 atom stereocenters. The molecule has 0 heterocycles. The van der Waals surface area contributed by atoms with Gasteiger partial charge in [-0.15, -0.1) is 0 Å². The molecule has 0 aliphatic heterocycles. The Bertz CT molecular complexity index is 502. The van der Waals surface area contributed by atoms with E-state index in [9.17, 15) is 13.2 Å². The summed E-state index contributed by atoms with van der Waals surface area (Å²) >= 11 is 0. The predicted molar refractivity (Wildman–Crippen MR) is 61.6 cm³/mol. The molecule has 0 aliphatic rings. The molecular weight excluding hydrogens is 230 g/mol. The lowest BCUT2D eigenvalue weighted by molar-refractivity contribution is -0.131. The minimum atomic E-state index is -3.28. The Labute approximate surface area is 93.5 Å². The average Bonchev–Trinajstić information content (AvgIpc) is 2.14. The highest BCUT2D eigenvalue weighted by molar-refractivity contribution is 7.92. The van der Waals surface area contributed by atoms with Gasteiger partial charge in [-0.2, -0.15) is 0 Å². The van der Waals surface area contributed by atoms with Crippen LogP contribution in [0.4, 0.5) is 5.69 Å². The smallest absolute Gasteiger partial charge is 0.328 e. The highest BCUT2D eigenvalue weighted by Gasteiger charge is 2.00. The molecule has 0 radical (unpaired) electrons. The average molecular weight is 241 g/mol. The first kappa shape index (κ1) is 12.3. The van der Waals surface area contributed by atoms with E-state index in [2.05, 4.69) is 4.72 Å². The molecule has 1 rings (SSSR count). The molecule has 6 heteroatoms. The Kier molecular flexibility index (Phi) is 3.68. The summed E-state index contributed by atoms with van der Waals surface area (Å²) < 4.78 is 24.1. The molecule has 86 valence electrons. The van der Waals surface area contributed by atoms with Crippen molar-refractivity contribution in [2.24, 2.45) is 0 Å². The molecule has 0 saturated heterocycles. The highest BCUT2D eigenvalue weighted by atomic mass is 32.2. The van der Waals surface area contributed by atoms with Gasteiger partial charge in [-0.3, -0.25) is 4.72 Å². The summed E-state index contributed by atoms with van der Waals surface area (Å²) in [4.78, 5) is 10.2. The lowest BCUT2D eigenvalue weighted by atomic mass is 10.2. The van der Waals surface area contributed by atoms with E-state index >= 15 is 0 Å². The fraction of sp³-hybridized carbons (Fsp3) is 0.100. The van der Waals surface area contributed by atoms with E-state index in [1.165, 1.54) is 6.08 Å². The summed E-state index contributed by atoms with van der Waals surface area (Å²) in [5.74, 6) is -1.03. The van der Waals surface area contributed by atoms with Gasteiger partial charge in [-0.25, -0.2) is 13.2 Å². The maximum atomic E-state index is 10.9. The van der Waals surface area contributed by atoms with Crippen molar-refractivity contribution in [2.45, 2.75) is 0 Å². The summed E-state index contributed by atoms with van der Waals surface area (Å²) in [6.07, 6.45) is 3.50. The van der Waals surface area contributed by atoms with Gasteiger partial charge in [0.25, 0.3) is 0 Å². The number of carboxylic acid groups (broad SMARTS) is 1. The van der Waals surface area contributed by atoms with Gasteiger partial charge in [0.05, 0.1) is 6.26 Å². The minimum absolute atomic E-state index is 0.440. The van der Waals surface area contributed by atoms with Crippen molar-refractivity contribution < 1.29 is 18.3 Å². The molecule has 0 aliphatic carbocycles. The minimum Gasteiger partial charge on any atom is -0.478 e. The molecule has 0 spiro atoms. The van der Waals surface area contributed by atoms with Crippen LogP contribution in [0.2, 0.25) is 0 Å². The standard InChI is InChI=1S/C10H11NO4S/c1-16(14,15)11-9-5-2-8(3-6-9)4-7-10(12)13/h2-7,11H,1H3,(H,12,13). The predicted octanol–water partition coefficient (Wildman–Crippen LogP) is 1.16. The molecular formula is C10H11NO4S. The largest absolute Gasteiger partial charge is 0.478 e. The first-order valence-electron chi connectivity index (χ1n) is 4.36. The van der Waals surface area contributed by atoms with Crippen LogP contribution >= 0.6 is 0 Å². The summed E-state index contributed by atoms with van der Waals surface area (Å²) in [5, 5.41) is 8.40. The molecule has 2 N–H and O–H groups in total. The normalized spacial score (nSPS) is 11.6. The van der Waals surface area contributed by atoms with Gasteiger partial charge in [-0.1, -0.05) is 12.1 Å². The zero-order valence-corrected chi connectivity index (χ0v) is 9.36. The monoisotopic (exact) mass is 241 g/mol. The maximum absolute atomic E-state index is 10.9. The summed E-state index contributed by atoms with van der Waals surface area (Å²) in [6, 6.07) is 6.35. The number of rotatable bonds is 4. The Balaban J connectivity index is 2.79. The van der Waals surface area contributed by atoms with Crippen LogP contribution in [0.1, 0.15) is 5.56 Å². The van der Waals surface area contributed by atoms with E-state index in [1.54, 1.807) is 24.3 Å². The molecule has 0 unspecified atom stereocenters. The van der Waals surface area contributed by atoms with Crippen molar-refractivity contribution in [1.82, 2.24) is 0 Å². The van der Waals surface area contributed by atoms with Crippen LogP contribution in [-0.2, 0) is 14.8 Å². The number of hydrogen-bond donors (Lipinski definition) is 2. The highest BCUT2D eigenvalue weighted by Crippen LogP contribution is 2.11. The van der Waals surface area contributed by atoms with E-state index in [-0.39, 0.29) is 0 Å². The maximum Gasteiger partial charge on any atom is 0.328 e. The van der Waals surface area contributed by atoms with Crippen LogP contribution in [0.5, 0.6) is 0 Å². The van der Waals surface area contributed by atoms with Crippen LogP contribution in [0.25, 0.3) is 6.08 Å². The zero-order valence-electron chi connectivity index (χ0n) is 8.54. The van der Waals surface area contributed by atoms with Gasteiger partial charge in [0.15, 0.2) is 0 Å². The Morgan fingerprint density at radius 1 is 1.31 bits per heavy atom. The van der Waals surface area contributed by atoms with Gasteiger partial charge in [0, 0.05) is 11.8 Å². The van der Waals surface area contributed by atoms with Crippen molar-refractivity contribution in [3.8, 4) is 0 Å². The SMILES string of the molecule is CS(=O)(=O)Nc1ccc(C=CC(=O)O)cc1. The fourth-order valence-electron chi connectivity index (χ4n) is 1.04. The van der Waals surface area contributed by atoms with Crippen LogP contribution < -0.4 is 4.72 Å². The molecule has 0 bridgehead atoms. The summed E-state index contributed by atoms with van der Waals surface area (Å²) in [5.41, 5.74) is 1.12. The third kappa shape index (κ3) is 4.61. The molecule has 0 aromatic heterocycles. The van der Waals surface area contributed by atoms with E-state index in [0.29, 0.717) is 11.3 Å². The molecule has 5 nitrogen and oxygen atoms in total. The molecule has 1 aromatic rings. The van der Waals surface area contributed by atoms with Gasteiger partial charge in [0.1, 0.15) is 0 Å². The van der Waals surface area contributed by atoms with E-state index in [0.717, 1.165) is 12.3 Å². The van der Waals surface area contributed by atoms with Gasteiger partial charge in [-0.05, 0) is 23.8 Å². The molecule has 0 amide bonds. The van der Waals surface area contributed by atoms with Crippen molar-refractivity contribution in [1.29, 1.82) is 0 Å². The second kappa shape index (κ2) is 4.80. The van der Waals surface area contributed by atoms with Gasteiger partial charge in [0.2, 0.25) is 10.0 Å². The fourth-order valence-corrected chi connectivity index (χ4v) is 1.61. The second-order valence-corrected chi connectivity index (χ2v) is 4.92. The Morgan fingerprint density at radius 2 is 1.88 bits per heavy atom. The lowest BCUT2D eigenvalue weighted by Crippen LogP contribution is -2.09. The Morgan fingerprint density at radius 3 is 2.31 bits per heavy atom. The first-order chi connectivity index (χ1) is 7.37. The number of benzene rings is 1. The third-order valence-electron chi connectivity index (χ3n) is 1.63. The molecule has 0 fully saturated rings. The van der Waals surface area contributed by atoms with Crippen molar-refractivity contribution in [2.75, 3.05) is 11.0 Å². The number of aliphatic carboxylic acids is 1. The van der Waals surface area contributed by atoms with Gasteiger partial charge >= 0.3 is 5.97 Å². The number of hydrogen-bond acceptors (Lipinski definition) is 3. The Hall–Kier alpha value is -1.82. The number of sulfonamides is 1. The number of anilines is 1. The van der Waals surface area contributed by atoms with Crippen LogP contribution in [0.15, 0.2) is 30.3 Å². The van der Waals surface area contributed by atoms with Crippen molar-refractivity contribution in [3.05, 3.63) is 35.9 Å².